The van der Waals surface area contributed by atoms with Crippen LogP contribution in [0.15, 0.2) is 66.9 Å². The van der Waals surface area contributed by atoms with Crippen LogP contribution in [0.3, 0.4) is 0 Å². The maximum Gasteiger partial charge on any atom is 0.224 e. The normalized spacial score (nSPS) is 15.2. The molecule has 8 heteroatoms. The van der Waals surface area contributed by atoms with Crippen LogP contribution in [-0.2, 0) is 29.0 Å². The van der Waals surface area contributed by atoms with E-state index in [0.717, 1.165) is 67.0 Å². The number of aromatic nitrogens is 3. The molecule has 0 saturated carbocycles. The van der Waals surface area contributed by atoms with Gasteiger partial charge in [0.2, 0.25) is 11.8 Å². The molecule has 2 aromatic carbocycles. The maximum atomic E-state index is 12.7. The third kappa shape index (κ3) is 4.98. The third-order valence-electron chi connectivity index (χ3n) is 7.58. The lowest BCUT2D eigenvalue weighted by Gasteiger charge is -2.29. The van der Waals surface area contributed by atoms with E-state index in [2.05, 4.69) is 44.7 Å². The number of anilines is 1. The van der Waals surface area contributed by atoms with E-state index < -0.39 is 0 Å². The fourth-order valence-electron chi connectivity index (χ4n) is 5.56. The molecule has 0 atom stereocenters. The van der Waals surface area contributed by atoms with E-state index in [9.17, 15) is 9.59 Å². The Morgan fingerprint density at radius 1 is 0.895 bits per heavy atom. The van der Waals surface area contributed by atoms with Crippen LogP contribution in [0.5, 0.6) is 0 Å². The molecule has 2 amide bonds. The van der Waals surface area contributed by atoms with Gasteiger partial charge in [0.15, 0.2) is 11.6 Å². The van der Waals surface area contributed by atoms with Crippen molar-refractivity contribution in [1.29, 1.82) is 0 Å². The quantitative estimate of drug-likeness (QED) is 0.368. The number of likely N-dealkylation sites (tertiary alicyclic amines) is 1. The summed E-state index contributed by atoms with van der Waals surface area (Å²) in [5.74, 6) is 1.80. The Balaban J connectivity index is 1.13. The summed E-state index contributed by atoms with van der Waals surface area (Å²) in [7, 11) is 0. The number of carbonyl (C=O) groups excluding carboxylic acids is 2. The van der Waals surface area contributed by atoms with Crippen molar-refractivity contribution in [2.24, 2.45) is 0 Å². The summed E-state index contributed by atoms with van der Waals surface area (Å²) in [6.45, 7) is 3.86. The van der Waals surface area contributed by atoms with Crippen molar-refractivity contribution in [3.8, 4) is 5.82 Å². The van der Waals surface area contributed by atoms with E-state index in [1.54, 1.807) is 0 Å². The zero-order chi connectivity index (χ0) is 25.9. The van der Waals surface area contributed by atoms with Gasteiger partial charge < -0.3 is 15.1 Å². The Bertz CT molecular complexity index is 1460. The molecule has 6 rings (SSSR count). The summed E-state index contributed by atoms with van der Waals surface area (Å²) in [4.78, 5) is 28.6. The number of amides is 2. The van der Waals surface area contributed by atoms with Crippen LogP contribution in [0.25, 0.3) is 16.7 Å². The number of nitrogens with one attached hydrogen (secondary N) is 1. The van der Waals surface area contributed by atoms with E-state index >= 15 is 0 Å². The minimum Gasteiger partial charge on any atom is -0.356 e. The average Bonchev–Trinajstić information content (AvgIpc) is 3.54. The van der Waals surface area contributed by atoms with Crippen molar-refractivity contribution in [3.05, 3.63) is 83.6 Å². The first-order valence-corrected chi connectivity index (χ1v) is 13.4. The molecule has 1 fully saturated rings. The highest BCUT2D eigenvalue weighted by Gasteiger charge is 2.20. The van der Waals surface area contributed by atoms with E-state index in [0.29, 0.717) is 19.5 Å². The predicted molar refractivity (Wildman–Crippen MR) is 147 cm³/mol. The lowest BCUT2D eigenvalue weighted by atomic mass is 10.00. The Hall–Kier alpha value is -4.20. The zero-order valence-electron chi connectivity index (χ0n) is 21.5. The van der Waals surface area contributed by atoms with Crippen LogP contribution in [0.2, 0.25) is 0 Å². The van der Waals surface area contributed by atoms with Gasteiger partial charge in [0.25, 0.3) is 0 Å². The molecular formula is C30H32N6O2. The lowest BCUT2D eigenvalue weighted by molar-refractivity contribution is -0.127. The fraction of sp³-hybridized carbons (Fsp3) is 0.333. The number of nitrogens with zero attached hydrogens (tertiary/aromatic N) is 5. The summed E-state index contributed by atoms with van der Waals surface area (Å²) in [6.07, 6.45) is 5.64. The second kappa shape index (κ2) is 10.7. The van der Waals surface area contributed by atoms with E-state index in [1.165, 1.54) is 11.1 Å². The second-order valence-electron chi connectivity index (χ2n) is 10.1. The van der Waals surface area contributed by atoms with E-state index in [4.69, 9.17) is 0 Å². The summed E-state index contributed by atoms with van der Waals surface area (Å²) < 4.78 is 2.01. The molecule has 4 heterocycles. The number of hydrogen-bond acceptors (Lipinski definition) is 5. The van der Waals surface area contributed by atoms with Gasteiger partial charge in [-0.25, -0.2) is 0 Å². The summed E-state index contributed by atoms with van der Waals surface area (Å²) in [5, 5.41) is 13.2. The monoisotopic (exact) mass is 508 g/mol. The van der Waals surface area contributed by atoms with Crippen molar-refractivity contribution in [3.63, 3.8) is 0 Å². The molecular weight excluding hydrogens is 476 g/mol. The molecule has 8 nitrogen and oxygen atoms in total. The molecule has 2 aromatic heterocycles. The molecule has 0 radical (unpaired) electrons. The SMILES string of the molecule is O=C(Cc1cn(-c2ccc(N3CCc4ccccc4C3)nn2)c2ccccc12)NCCCN1CCCC1=O. The first-order valence-electron chi connectivity index (χ1n) is 13.4. The molecule has 2 aliphatic rings. The molecule has 38 heavy (non-hydrogen) atoms. The fourth-order valence-corrected chi connectivity index (χ4v) is 5.56. The molecule has 0 bridgehead atoms. The maximum absolute atomic E-state index is 12.7. The molecule has 194 valence electrons. The third-order valence-corrected chi connectivity index (χ3v) is 7.58. The van der Waals surface area contributed by atoms with Gasteiger partial charge >= 0.3 is 0 Å². The molecule has 0 spiro atoms. The standard InChI is InChI=1S/C30H32N6O2/c37-29(31-15-6-17-34-16-5-11-30(34)38)19-24-21-36(26-10-4-3-9-25(24)26)28-13-12-27(32-33-28)35-18-14-22-7-1-2-8-23(22)20-35/h1-4,7-10,12-13,21H,5-6,11,14-20H2,(H,31,37). The van der Waals surface area contributed by atoms with Gasteiger partial charge in [-0.15, -0.1) is 10.2 Å². The van der Waals surface area contributed by atoms with Crippen molar-refractivity contribution >= 4 is 28.5 Å². The van der Waals surface area contributed by atoms with Gasteiger partial charge in [-0.1, -0.05) is 42.5 Å². The van der Waals surface area contributed by atoms with Gasteiger partial charge in [-0.05, 0) is 54.2 Å². The molecule has 2 aliphatic heterocycles. The minimum absolute atomic E-state index is 0.0209. The number of benzene rings is 2. The minimum atomic E-state index is -0.0209. The largest absolute Gasteiger partial charge is 0.356 e. The molecule has 0 aliphatic carbocycles. The first kappa shape index (κ1) is 24.2. The Morgan fingerprint density at radius 2 is 1.68 bits per heavy atom. The van der Waals surface area contributed by atoms with Crippen molar-refractivity contribution in [2.45, 2.75) is 38.6 Å². The summed E-state index contributed by atoms with van der Waals surface area (Å²) in [6, 6.07) is 20.7. The Morgan fingerprint density at radius 3 is 2.50 bits per heavy atom. The predicted octanol–water partition coefficient (Wildman–Crippen LogP) is 3.65. The Labute approximate surface area is 222 Å². The molecule has 1 N–H and O–H groups in total. The number of para-hydroxylation sites is 1. The van der Waals surface area contributed by atoms with E-state index in [1.807, 2.05) is 52.1 Å². The van der Waals surface area contributed by atoms with Crippen LogP contribution in [0, 0.1) is 0 Å². The van der Waals surface area contributed by atoms with Crippen molar-refractivity contribution in [2.75, 3.05) is 31.1 Å². The van der Waals surface area contributed by atoms with Crippen LogP contribution in [-0.4, -0.2) is 57.7 Å². The highest BCUT2D eigenvalue weighted by atomic mass is 16.2. The van der Waals surface area contributed by atoms with Gasteiger partial charge in [0.05, 0.1) is 11.9 Å². The van der Waals surface area contributed by atoms with Crippen LogP contribution < -0.4 is 10.2 Å². The number of fused-ring (bicyclic) bond motifs is 2. The van der Waals surface area contributed by atoms with E-state index in [-0.39, 0.29) is 18.2 Å². The summed E-state index contributed by atoms with van der Waals surface area (Å²) >= 11 is 0. The average molecular weight is 509 g/mol. The molecule has 1 saturated heterocycles. The summed E-state index contributed by atoms with van der Waals surface area (Å²) in [5.41, 5.74) is 4.70. The number of rotatable bonds is 8. The van der Waals surface area contributed by atoms with Crippen LogP contribution in [0.4, 0.5) is 5.82 Å². The van der Waals surface area contributed by atoms with Crippen molar-refractivity contribution < 1.29 is 9.59 Å². The topological polar surface area (TPSA) is 83.4 Å². The first-order chi connectivity index (χ1) is 18.7. The lowest BCUT2D eigenvalue weighted by Crippen LogP contribution is -2.31. The van der Waals surface area contributed by atoms with Gasteiger partial charge in [-0.2, -0.15) is 0 Å². The number of hydrogen-bond donors (Lipinski definition) is 1. The Kier molecular flexibility index (Phi) is 6.77. The highest BCUT2D eigenvalue weighted by Crippen LogP contribution is 2.26. The molecule has 4 aromatic rings. The second-order valence-corrected chi connectivity index (χ2v) is 10.1. The zero-order valence-corrected chi connectivity index (χ0v) is 21.5. The molecule has 0 unspecified atom stereocenters. The number of carbonyl (C=O) groups is 2. The van der Waals surface area contributed by atoms with Gasteiger partial charge in [0, 0.05) is 50.7 Å². The van der Waals surface area contributed by atoms with Crippen LogP contribution in [0.1, 0.15) is 36.0 Å². The van der Waals surface area contributed by atoms with Crippen molar-refractivity contribution in [1.82, 2.24) is 25.0 Å². The van der Waals surface area contributed by atoms with Gasteiger partial charge in [-0.3, -0.25) is 14.2 Å². The van der Waals surface area contributed by atoms with Gasteiger partial charge in [0.1, 0.15) is 0 Å². The van der Waals surface area contributed by atoms with Crippen LogP contribution >= 0.6 is 0 Å². The highest BCUT2D eigenvalue weighted by molar-refractivity contribution is 5.90. The smallest absolute Gasteiger partial charge is 0.224 e.